The van der Waals surface area contributed by atoms with Crippen LogP contribution in [-0.2, 0) is 14.8 Å². The lowest BCUT2D eigenvalue weighted by molar-refractivity contribution is 0.0730. The average Bonchev–Trinajstić information content (AvgIpc) is 3.46. The van der Waals surface area contributed by atoms with Crippen molar-refractivity contribution in [2.75, 3.05) is 31.2 Å². The normalized spacial score (nSPS) is 18.3. The number of morpholine rings is 1. The van der Waals surface area contributed by atoms with Gasteiger partial charge in [-0.2, -0.15) is 4.31 Å². The number of hydrogen-bond acceptors (Lipinski definition) is 8. The number of hydrogen-bond donors (Lipinski definition) is 0. The summed E-state index contributed by atoms with van der Waals surface area (Å²) in [5.74, 6) is 0.122. The molecule has 1 amide bonds. The molecule has 0 bridgehead atoms. The number of aromatic nitrogens is 1. The summed E-state index contributed by atoms with van der Waals surface area (Å²) < 4.78 is 44.2. The summed E-state index contributed by atoms with van der Waals surface area (Å²) in [6.07, 6.45) is 0. The van der Waals surface area contributed by atoms with Gasteiger partial charge in [0.25, 0.3) is 5.91 Å². The zero-order chi connectivity index (χ0) is 26.8. The molecule has 38 heavy (non-hydrogen) atoms. The van der Waals surface area contributed by atoms with E-state index in [1.54, 1.807) is 37.3 Å². The highest BCUT2D eigenvalue weighted by atomic mass is 32.2. The molecule has 1 fully saturated rings. The predicted octanol–water partition coefficient (Wildman–Crippen LogP) is 3.48. The van der Waals surface area contributed by atoms with Crippen molar-refractivity contribution in [2.45, 2.75) is 31.7 Å². The van der Waals surface area contributed by atoms with Gasteiger partial charge in [0.1, 0.15) is 11.3 Å². The topological polar surface area (TPSA) is 123 Å². The van der Waals surface area contributed by atoms with Crippen LogP contribution in [0.3, 0.4) is 0 Å². The number of sulfonamides is 1. The summed E-state index contributed by atoms with van der Waals surface area (Å²) in [7, 11) is -3.72. The van der Waals surface area contributed by atoms with Crippen molar-refractivity contribution in [1.82, 2.24) is 9.46 Å². The van der Waals surface area contributed by atoms with E-state index in [1.807, 2.05) is 13.8 Å². The summed E-state index contributed by atoms with van der Waals surface area (Å²) in [6, 6.07) is 10.4. The molecule has 4 heterocycles. The van der Waals surface area contributed by atoms with E-state index in [-0.39, 0.29) is 40.6 Å². The number of benzene rings is 2. The van der Waals surface area contributed by atoms with Gasteiger partial charge in [0.05, 0.1) is 35.1 Å². The SMILES string of the molecule is Cc1cc(N2C(=O)c3oc4cc(C)c(C)cc4c(=O)c3C2c2ccc(S(=O)(=O)N3CCOCC3)cc2)no1. The second kappa shape index (κ2) is 8.90. The molecule has 0 saturated carbocycles. The molecule has 1 saturated heterocycles. The van der Waals surface area contributed by atoms with Gasteiger partial charge in [-0.15, -0.1) is 0 Å². The highest BCUT2D eigenvalue weighted by molar-refractivity contribution is 7.89. The highest BCUT2D eigenvalue weighted by Crippen LogP contribution is 2.41. The third-order valence-electron chi connectivity index (χ3n) is 7.15. The molecule has 2 aromatic heterocycles. The van der Waals surface area contributed by atoms with Crippen molar-refractivity contribution in [3.8, 4) is 0 Å². The number of anilines is 1. The maximum absolute atomic E-state index is 13.8. The van der Waals surface area contributed by atoms with Crippen LogP contribution in [0.1, 0.15) is 44.6 Å². The van der Waals surface area contributed by atoms with E-state index in [0.717, 1.165) is 11.1 Å². The lowest BCUT2D eigenvalue weighted by atomic mass is 9.97. The lowest BCUT2D eigenvalue weighted by Gasteiger charge is -2.26. The van der Waals surface area contributed by atoms with Crippen molar-refractivity contribution >= 4 is 32.7 Å². The summed E-state index contributed by atoms with van der Waals surface area (Å²) >= 11 is 0. The van der Waals surface area contributed by atoms with E-state index in [9.17, 15) is 18.0 Å². The monoisotopic (exact) mass is 535 g/mol. The van der Waals surface area contributed by atoms with Crippen LogP contribution < -0.4 is 10.3 Å². The van der Waals surface area contributed by atoms with E-state index in [1.165, 1.54) is 21.3 Å². The summed E-state index contributed by atoms with van der Waals surface area (Å²) in [5, 5.41) is 4.39. The molecule has 1 atom stereocenters. The van der Waals surface area contributed by atoms with Gasteiger partial charge in [0, 0.05) is 19.2 Å². The largest absolute Gasteiger partial charge is 0.450 e. The van der Waals surface area contributed by atoms with E-state index >= 15 is 0 Å². The number of fused-ring (bicyclic) bond motifs is 2. The predicted molar refractivity (Wildman–Crippen MR) is 138 cm³/mol. The summed E-state index contributed by atoms with van der Waals surface area (Å²) in [4.78, 5) is 29.0. The fourth-order valence-electron chi connectivity index (χ4n) is 5.00. The van der Waals surface area contributed by atoms with Gasteiger partial charge in [0.15, 0.2) is 11.2 Å². The Morgan fingerprint density at radius 3 is 2.29 bits per heavy atom. The fourth-order valence-corrected chi connectivity index (χ4v) is 6.41. The van der Waals surface area contributed by atoms with Crippen LogP contribution in [-0.4, -0.2) is 50.1 Å². The Balaban J connectivity index is 1.51. The average molecular weight is 536 g/mol. The first-order chi connectivity index (χ1) is 18.2. The number of carbonyl (C=O) groups excluding carboxylic acids is 1. The van der Waals surface area contributed by atoms with Crippen LogP contribution in [0.25, 0.3) is 11.0 Å². The molecule has 10 nitrogen and oxygen atoms in total. The van der Waals surface area contributed by atoms with Gasteiger partial charge in [-0.25, -0.2) is 8.42 Å². The molecular formula is C27H25N3O7S. The molecular weight excluding hydrogens is 510 g/mol. The van der Waals surface area contributed by atoms with Gasteiger partial charge in [0.2, 0.25) is 15.8 Å². The molecule has 0 aliphatic carbocycles. The van der Waals surface area contributed by atoms with Crippen molar-refractivity contribution in [3.05, 3.63) is 86.5 Å². The van der Waals surface area contributed by atoms with Gasteiger partial charge in [-0.3, -0.25) is 14.5 Å². The molecule has 196 valence electrons. The minimum atomic E-state index is -3.72. The first-order valence-corrected chi connectivity index (χ1v) is 13.6. The first-order valence-electron chi connectivity index (χ1n) is 12.2. The molecule has 0 spiro atoms. The van der Waals surface area contributed by atoms with Crippen LogP contribution in [0, 0.1) is 20.8 Å². The Morgan fingerprint density at radius 1 is 0.947 bits per heavy atom. The van der Waals surface area contributed by atoms with Crippen LogP contribution in [0.15, 0.2) is 61.1 Å². The van der Waals surface area contributed by atoms with Gasteiger partial charge < -0.3 is 13.7 Å². The number of rotatable bonds is 4. The first kappa shape index (κ1) is 24.5. The zero-order valence-electron chi connectivity index (χ0n) is 21.1. The third kappa shape index (κ3) is 3.77. The second-order valence-electron chi connectivity index (χ2n) is 9.57. The summed E-state index contributed by atoms with van der Waals surface area (Å²) in [6.45, 7) is 6.75. The molecule has 2 aliphatic heterocycles. The van der Waals surface area contributed by atoms with E-state index < -0.39 is 22.0 Å². The zero-order valence-corrected chi connectivity index (χ0v) is 21.9. The van der Waals surface area contributed by atoms with Crippen molar-refractivity contribution in [1.29, 1.82) is 0 Å². The quantitative estimate of drug-likeness (QED) is 0.389. The minimum absolute atomic E-state index is 0.0681. The molecule has 2 aliphatic rings. The number of carbonyl (C=O) groups is 1. The highest BCUT2D eigenvalue weighted by Gasteiger charge is 2.45. The molecule has 11 heteroatoms. The van der Waals surface area contributed by atoms with Crippen molar-refractivity contribution < 1.29 is 26.9 Å². The Hall–Kier alpha value is -3.80. The smallest absolute Gasteiger partial charge is 0.296 e. The van der Waals surface area contributed by atoms with Gasteiger partial charge >= 0.3 is 0 Å². The van der Waals surface area contributed by atoms with E-state index in [2.05, 4.69) is 5.16 Å². The number of amides is 1. The Labute approximate surface area is 218 Å². The fraction of sp³-hybridized carbons (Fsp3) is 0.296. The lowest BCUT2D eigenvalue weighted by Crippen LogP contribution is -2.40. The standard InChI is InChI=1S/C27H25N3O7S/c1-15-12-20-21(13-16(15)2)36-26-23(25(20)31)24(30(27(26)32)22-14-17(3)37-28-22)18-4-6-19(7-5-18)38(33,34)29-8-10-35-11-9-29/h4-7,12-14,24H,8-11H2,1-3H3. The van der Waals surface area contributed by atoms with Gasteiger partial charge in [-0.1, -0.05) is 17.3 Å². The Bertz CT molecular complexity index is 1750. The van der Waals surface area contributed by atoms with Crippen molar-refractivity contribution in [2.24, 2.45) is 0 Å². The third-order valence-corrected chi connectivity index (χ3v) is 9.07. The van der Waals surface area contributed by atoms with E-state index in [0.29, 0.717) is 35.5 Å². The number of aryl methyl sites for hydroxylation is 3. The maximum Gasteiger partial charge on any atom is 0.296 e. The van der Waals surface area contributed by atoms with Crippen molar-refractivity contribution in [3.63, 3.8) is 0 Å². The summed E-state index contributed by atoms with van der Waals surface area (Å²) in [5.41, 5.74) is 2.57. The van der Waals surface area contributed by atoms with Crippen LogP contribution in [0.2, 0.25) is 0 Å². The Kier molecular flexibility index (Phi) is 5.74. The molecule has 1 unspecified atom stereocenters. The maximum atomic E-state index is 13.8. The molecule has 2 aromatic carbocycles. The molecule has 6 rings (SSSR count). The van der Waals surface area contributed by atoms with Crippen LogP contribution in [0.5, 0.6) is 0 Å². The van der Waals surface area contributed by atoms with E-state index in [4.69, 9.17) is 13.7 Å². The Morgan fingerprint density at radius 2 is 1.63 bits per heavy atom. The van der Waals surface area contributed by atoms with Crippen LogP contribution in [0.4, 0.5) is 5.82 Å². The van der Waals surface area contributed by atoms with Crippen LogP contribution >= 0.6 is 0 Å². The molecule has 0 radical (unpaired) electrons. The number of ether oxygens (including phenoxy) is 1. The van der Waals surface area contributed by atoms with Gasteiger partial charge in [-0.05, 0) is 61.7 Å². The number of nitrogens with zero attached hydrogens (tertiary/aromatic N) is 3. The second-order valence-corrected chi connectivity index (χ2v) is 11.5. The molecule has 4 aromatic rings. The minimum Gasteiger partial charge on any atom is -0.450 e. The molecule has 0 N–H and O–H groups in total.